The van der Waals surface area contributed by atoms with Crippen molar-refractivity contribution in [3.05, 3.63) is 35.9 Å². The van der Waals surface area contributed by atoms with E-state index in [0.29, 0.717) is 12.0 Å². The maximum Gasteiger partial charge on any atom is 0.166 e. The van der Waals surface area contributed by atoms with Gasteiger partial charge in [0, 0.05) is 18.2 Å². The molecule has 78 valence electrons. The van der Waals surface area contributed by atoms with Gasteiger partial charge < -0.3 is 5.73 Å². The predicted octanol–water partition coefficient (Wildman–Crippen LogP) is 1.78. The van der Waals surface area contributed by atoms with E-state index < -0.39 is 5.66 Å². The summed E-state index contributed by atoms with van der Waals surface area (Å²) < 4.78 is 0. The number of carbonyl (C=O) groups is 1. The summed E-state index contributed by atoms with van der Waals surface area (Å²) in [7, 11) is 0. The molecule has 1 unspecified atom stereocenters. The second-order valence-electron chi connectivity index (χ2n) is 3.92. The fourth-order valence-electron chi connectivity index (χ4n) is 1.76. The molecular formula is C12H14N2O. The first-order valence-electron chi connectivity index (χ1n) is 5.10. The van der Waals surface area contributed by atoms with Crippen LogP contribution in [0.3, 0.4) is 0 Å². The zero-order valence-corrected chi connectivity index (χ0v) is 8.52. The molecule has 0 bridgehead atoms. The molecule has 1 aliphatic rings. The van der Waals surface area contributed by atoms with Crippen molar-refractivity contribution in [2.75, 3.05) is 0 Å². The van der Waals surface area contributed by atoms with Gasteiger partial charge >= 0.3 is 0 Å². The minimum atomic E-state index is -0.660. The third-order valence-electron chi connectivity index (χ3n) is 2.62. The van der Waals surface area contributed by atoms with Crippen LogP contribution in [0.25, 0.3) is 0 Å². The van der Waals surface area contributed by atoms with E-state index in [0.717, 1.165) is 12.8 Å². The quantitative estimate of drug-likeness (QED) is 0.759. The number of Topliss-reactive ketones (excluding diaryl/α,β-unsaturated/α-hetero) is 1. The number of benzene rings is 1. The van der Waals surface area contributed by atoms with Crippen LogP contribution in [0.5, 0.6) is 0 Å². The molecular weight excluding hydrogens is 188 g/mol. The van der Waals surface area contributed by atoms with Crippen LogP contribution < -0.4 is 5.73 Å². The van der Waals surface area contributed by atoms with Crippen LogP contribution in [0, 0.1) is 0 Å². The van der Waals surface area contributed by atoms with Gasteiger partial charge in [-0.3, -0.25) is 9.79 Å². The fourth-order valence-corrected chi connectivity index (χ4v) is 1.76. The second-order valence-corrected chi connectivity index (χ2v) is 3.92. The van der Waals surface area contributed by atoms with Crippen molar-refractivity contribution in [1.29, 1.82) is 0 Å². The van der Waals surface area contributed by atoms with Crippen molar-refractivity contribution < 1.29 is 4.79 Å². The molecule has 0 aromatic heterocycles. The average Bonchev–Trinajstić information content (AvgIpc) is 2.66. The first-order valence-corrected chi connectivity index (χ1v) is 5.10. The number of aliphatic imine (C=N–C) groups is 1. The molecule has 0 spiro atoms. The maximum atomic E-state index is 11.9. The minimum absolute atomic E-state index is 0.0668. The molecule has 1 aliphatic heterocycles. The third-order valence-corrected chi connectivity index (χ3v) is 2.62. The number of nitrogens with two attached hydrogens (primary N) is 1. The summed E-state index contributed by atoms with van der Waals surface area (Å²) in [6.45, 7) is 0. The summed E-state index contributed by atoms with van der Waals surface area (Å²) in [5.41, 5.74) is 6.03. The van der Waals surface area contributed by atoms with E-state index in [-0.39, 0.29) is 5.78 Å². The number of hydrogen-bond acceptors (Lipinski definition) is 3. The first kappa shape index (κ1) is 10.1. The van der Waals surface area contributed by atoms with Gasteiger partial charge in [0.05, 0.1) is 0 Å². The van der Waals surface area contributed by atoms with E-state index in [1.807, 2.05) is 30.3 Å². The average molecular weight is 202 g/mol. The number of carbonyl (C=O) groups excluding carboxylic acids is 1. The Balaban J connectivity index is 2.07. The van der Waals surface area contributed by atoms with Gasteiger partial charge in [0.2, 0.25) is 0 Å². The van der Waals surface area contributed by atoms with Crippen molar-refractivity contribution in [1.82, 2.24) is 0 Å². The lowest BCUT2D eigenvalue weighted by Crippen LogP contribution is -2.37. The van der Waals surface area contributed by atoms with Crippen LogP contribution in [0.15, 0.2) is 35.3 Å². The van der Waals surface area contributed by atoms with Crippen LogP contribution in [-0.2, 0) is 0 Å². The standard InChI is InChI=1S/C12H14N2O/c13-12(7-4-8-14-12)9-11(15)10-5-2-1-3-6-10/h1-3,5-6,8H,4,7,9,13H2. The third kappa shape index (κ3) is 2.30. The Labute approximate surface area is 89.0 Å². The Morgan fingerprint density at radius 1 is 1.40 bits per heavy atom. The van der Waals surface area contributed by atoms with Crippen LogP contribution in [-0.4, -0.2) is 17.7 Å². The maximum absolute atomic E-state index is 11.9. The fraction of sp³-hybridized carbons (Fsp3) is 0.333. The first-order chi connectivity index (χ1) is 7.20. The van der Waals surface area contributed by atoms with Crippen molar-refractivity contribution in [2.24, 2.45) is 10.7 Å². The molecule has 0 saturated carbocycles. The van der Waals surface area contributed by atoms with E-state index in [1.54, 1.807) is 6.21 Å². The second kappa shape index (κ2) is 3.95. The van der Waals surface area contributed by atoms with Gasteiger partial charge in [0.1, 0.15) is 5.66 Å². The van der Waals surface area contributed by atoms with Crippen LogP contribution in [0.1, 0.15) is 29.6 Å². The molecule has 1 aromatic rings. The van der Waals surface area contributed by atoms with E-state index in [4.69, 9.17) is 5.73 Å². The Morgan fingerprint density at radius 3 is 2.73 bits per heavy atom. The highest BCUT2D eigenvalue weighted by molar-refractivity contribution is 5.96. The topological polar surface area (TPSA) is 55.5 Å². The number of nitrogens with zero attached hydrogens (tertiary/aromatic N) is 1. The molecule has 2 rings (SSSR count). The molecule has 0 fully saturated rings. The molecule has 0 radical (unpaired) electrons. The van der Waals surface area contributed by atoms with Crippen LogP contribution in [0.4, 0.5) is 0 Å². The molecule has 1 atom stereocenters. The monoisotopic (exact) mass is 202 g/mol. The van der Waals surface area contributed by atoms with Crippen LogP contribution in [0.2, 0.25) is 0 Å². The Morgan fingerprint density at radius 2 is 2.13 bits per heavy atom. The molecule has 0 saturated heterocycles. The smallest absolute Gasteiger partial charge is 0.166 e. The van der Waals surface area contributed by atoms with Gasteiger partial charge in [-0.2, -0.15) is 0 Å². The summed E-state index contributed by atoms with van der Waals surface area (Å²) in [6.07, 6.45) is 3.75. The van der Waals surface area contributed by atoms with Gasteiger partial charge in [0.25, 0.3) is 0 Å². The van der Waals surface area contributed by atoms with E-state index in [1.165, 1.54) is 0 Å². The van der Waals surface area contributed by atoms with Crippen LogP contribution >= 0.6 is 0 Å². The highest BCUT2D eigenvalue weighted by atomic mass is 16.1. The molecule has 0 aliphatic carbocycles. The minimum Gasteiger partial charge on any atom is -0.307 e. The molecule has 15 heavy (non-hydrogen) atoms. The Kier molecular flexibility index (Phi) is 2.64. The summed E-state index contributed by atoms with van der Waals surface area (Å²) >= 11 is 0. The normalized spacial score (nSPS) is 24.3. The molecule has 3 heteroatoms. The lowest BCUT2D eigenvalue weighted by molar-refractivity contribution is 0.0953. The Bertz CT molecular complexity index is 386. The molecule has 1 heterocycles. The summed E-state index contributed by atoms with van der Waals surface area (Å²) in [5, 5.41) is 0. The summed E-state index contributed by atoms with van der Waals surface area (Å²) in [5.74, 6) is 0.0668. The number of hydrogen-bond donors (Lipinski definition) is 1. The zero-order valence-electron chi connectivity index (χ0n) is 8.52. The summed E-state index contributed by atoms with van der Waals surface area (Å²) in [6, 6.07) is 9.22. The number of ketones is 1. The van der Waals surface area contributed by atoms with Crippen molar-refractivity contribution in [3.63, 3.8) is 0 Å². The van der Waals surface area contributed by atoms with E-state index in [2.05, 4.69) is 4.99 Å². The van der Waals surface area contributed by atoms with E-state index in [9.17, 15) is 4.79 Å². The lowest BCUT2D eigenvalue weighted by Gasteiger charge is -2.19. The zero-order chi connectivity index (χ0) is 10.7. The predicted molar refractivity (Wildman–Crippen MR) is 60.0 cm³/mol. The van der Waals surface area contributed by atoms with Gasteiger partial charge in [-0.25, -0.2) is 0 Å². The molecule has 2 N–H and O–H groups in total. The molecule has 1 aromatic carbocycles. The number of rotatable bonds is 3. The Hall–Kier alpha value is -1.48. The molecule has 0 amide bonds. The SMILES string of the molecule is NC1(CC(=O)c2ccccc2)CCC=N1. The van der Waals surface area contributed by atoms with Crippen molar-refractivity contribution >= 4 is 12.0 Å². The van der Waals surface area contributed by atoms with Gasteiger partial charge in [0.15, 0.2) is 5.78 Å². The van der Waals surface area contributed by atoms with Crippen molar-refractivity contribution in [3.8, 4) is 0 Å². The lowest BCUT2D eigenvalue weighted by atomic mass is 9.97. The van der Waals surface area contributed by atoms with Gasteiger partial charge in [-0.1, -0.05) is 30.3 Å². The largest absolute Gasteiger partial charge is 0.307 e. The van der Waals surface area contributed by atoms with E-state index >= 15 is 0 Å². The highest BCUT2D eigenvalue weighted by Crippen LogP contribution is 2.22. The summed E-state index contributed by atoms with van der Waals surface area (Å²) in [4.78, 5) is 16.0. The van der Waals surface area contributed by atoms with Crippen molar-refractivity contribution in [2.45, 2.75) is 24.9 Å². The molecule has 3 nitrogen and oxygen atoms in total. The highest BCUT2D eigenvalue weighted by Gasteiger charge is 2.29. The van der Waals surface area contributed by atoms with Gasteiger partial charge in [-0.05, 0) is 12.8 Å². The van der Waals surface area contributed by atoms with Gasteiger partial charge in [-0.15, -0.1) is 0 Å².